The summed E-state index contributed by atoms with van der Waals surface area (Å²) >= 11 is 0. The van der Waals surface area contributed by atoms with Crippen LogP contribution in [0.5, 0.6) is 5.75 Å². The number of ether oxygens (including phenoxy) is 1. The molecule has 1 aromatic heterocycles. The predicted octanol–water partition coefficient (Wildman–Crippen LogP) is 4.98. The normalized spacial score (nSPS) is 22.2. The molecule has 0 bridgehead atoms. The summed E-state index contributed by atoms with van der Waals surface area (Å²) in [4.78, 5) is 20.1. The van der Waals surface area contributed by atoms with Gasteiger partial charge in [-0.2, -0.15) is 0 Å². The zero-order valence-electron chi connectivity index (χ0n) is 19.6. The highest BCUT2D eigenvalue weighted by atomic mass is 16.5. The van der Waals surface area contributed by atoms with E-state index in [1.54, 1.807) is 7.11 Å². The number of carbonyl (C=O) groups excluding carboxylic acids is 1. The highest BCUT2D eigenvalue weighted by molar-refractivity contribution is 5.96. The van der Waals surface area contributed by atoms with Crippen LogP contribution in [0.4, 0.5) is 0 Å². The molecule has 2 fully saturated rings. The van der Waals surface area contributed by atoms with Crippen LogP contribution in [0.3, 0.4) is 0 Å². The van der Waals surface area contributed by atoms with Crippen LogP contribution >= 0.6 is 0 Å². The molecule has 1 saturated carbocycles. The van der Waals surface area contributed by atoms with Crippen molar-refractivity contribution in [2.75, 3.05) is 20.2 Å². The Labute approximate surface area is 196 Å². The first-order valence-electron chi connectivity index (χ1n) is 12.1. The van der Waals surface area contributed by atoms with E-state index in [0.29, 0.717) is 24.3 Å². The van der Waals surface area contributed by atoms with Crippen LogP contribution in [0.2, 0.25) is 0 Å². The third-order valence-corrected chi connectivity index (χ3v) is 7.70. The lowest BCUT2D eigenvalue weighted by Crippen LogP contribution is -2.31. The van der Waals surface area contributed by atoms with Crippen molar-refractivity contribution in [1.82, 2.24) is 14.5 Å². The number of imidazole rings is 1. The Hall–Kier alpha value is -3.08. The smallest absolute Gasteiger partial charge is 0.254 e. The molecular formula is C28H33N3O2. The van der Waals surface area contributed by atoms with E-state index >= 15 is 0 Å². The van der Waals surface area contributed by atoms with E-state index in [4.69, 9.17) is 4.74 Å². The topological polar surface area (TPSA) is 47.4 Å². The second-order valence-corrected chi connectivity index (χ2v) is 9.64. The summed E-state index contributed by atoms with van der Waals surface area (Å²) < 4.78 is 7.41. The van der Waals surface area contributed by atoms with Gasteiger partial charge < -0.3 is 14.2 Å². The molecule has 1 aliphatic heterocycles. The Bertz CT molecular complexity index is 1100. The molecule has 5 rings (SSSR count). The summed E-state index contributed by atoms with van der Waals surface area (Å²) in [6.45, 7) is 4.44. The highest BCUT2D eigenvalue weighted by Gasteiger charge is 2.42. The second kappa shape index (κ2) is 9.42. The maximum absolute atomic E-state index is 13.6. The lowest BCUT2D eigenvalue weighted by atomic mass is 9.71. The summed E-state index contributed by atoms with van der Waals surface area (Å²) in [6, 6.07) is 16.5. The van der Waals surface area contributed by atoms with Crippen LogP contribution in [0.15, 0.2) is 60.9 Å². The largest absolute Gasteiger partial charge is 0.497 e. The number of carbonyl (C=O) groups is 1. The van der Waals surface area contributed by atoms with Gasteiger partial charge in [-0.25, -0.2) is 4.98 Å². The third kappa shape index (κ3) is 4.54. The van der Waals surface area contributed by atoms with Gasteiger partial charge in [-0.1, -0.05) is 36.8 Å². The predicted molar refractivity (Wildman–Crippen MR) is 129 cm³/mol. The van der Waals surface area contributed by atoms with E-state index in [1.165, 1.54) is 24.8 Å². The third-order valence-electron chi connectivity index (χ3n) is 7.70. The zero-order chi connectivity index (χ0) is 22.8. The monoisotopic (exact) mass is 443 g/mol. The van der Waals surface area contributed by atoms with Crippen LogP contribution in [0.1, 0.15) is 46.6 Å². The standard InChI is InChI=1S/C28H33N3O2/c1-20-29-14-15-30(20)17-23-6-3-4-9-26(23)28(32)31-18-24-8-5-7-22(27(24)19-31)16-21-10-12-25(33-2)13-11-21/h3-4,6,9-15,22,24,27H,5,7-8,16-19H2,1-2H3/t22-,24-,27-/m1/s1. The Kier molecular flexibility index (Phi) is 6.21. The summed E-state index contributed by atoms with van der Waals surface area (Å²) in [5.74, 6) is 3.90. The molecule has 3 atom stereocenters. The number of hydrogen-bond donors (Lipinski definition) is 0. The van der Waals surface area contributed by atoms with Crippen molar-refractivity contribution in [3.05, 3.63) is 83.4 Å². The van der Waals surface area contributed by atoms with E-state index in [1.807, 2.05) is 37.5 Å². The Morgan fingerprint density at radius 3 is 2.67 bits per heavy atom. The van der Waals surface area contributed by atoms with Gasteiger partial charge in [0.05, 0.1) is 7.11 Å². The molecule has 5 heteroatoms. The highest BCUT2D eigenvalue weighted by Crippen LogP contribution is 2.42. The van der Waals surface area contributed by atoms with E-state index in [9.17, 15) is 4.79 Å². The molecular weight excluding hydrogens is 410 g/mol. The molecule has 5 nitrogen and oxygen atoms in total. The van der Waals surface area contributed by atoms with Crippen LogP contribution < -0.4 is 4.74 Å². The molecule has 1 aliphatic carbocycles. The molecule has 0 spiro atoms. The quantitative estimate of drug-likeness (QED) is 0.540. The van der Waals surface area contributed by atoms with E-state index < -0.39 is 0 Å². The fraction of sp³-hybridized carbons (Fsp3) is 0.429. The van der Waals surface area contributed by atoms with Gasteiger partial charge >= 0.3 is 0 Å². The molecule has 0 unspecified atom stereocenters. The van der Waals surface area contributed by atoms with Crippen molar-refractivity contribution in [2.24, 2.45) is 17.8 Å². The molecule has 2 aromatic carbocycles. The average Bonchev–Trinajstić information content (AvgIpc) is 3.46. The molecule has 2 aliphatic rings. The van der Waals surface area contributed by atoms with Gasteiger partial charge in [0.25, 0.3) is 5.91 Å². The van der Waals surface area contributed by atoms with Crippen molar-refractivity contribution in [3.8, 4) is 5.75 Å². The van der Waals surface area contributed by atoms with Gasteiger partial charge in [0.1, 0.15) is 11.6 Å². The van der Waals surface area contributed by atoms with Crippen LogP contribution in [-0.2, 0) is 13.0 Å². The zero-order valence-corrected chi connectivity index (χ0v) is 19.6. The minimum absolute atomic E-state index is 0.181. The fourth-order valence-corrected chi connectivity index (χ4v) is 5.87. The van der Waals surface area contributed by atoms with Gasteiger partial charge in [0.15, 0.2) is 0 Å². The number of amides is 1. The number of aromatic nitrogens is 2. The number of rotatable bonds is 6. The minimum atomic E-state index is 0.181. The molecule has 2 heterocycles. The fourth-order valence-electron chi connectivity index (χ4n) is 5.87. The number of benzene rings is 2. The van der Waals surface area contributed by atoms with Gasteiger partial charge in [0, 0.05) is 37.6 Å². The van der Waals surface area contributed by atoms with Crippen molar-refractivity contribution in [3.63, 3.8) is 0 Å². The molecule has 1 amide bonds. The maximum Gasteiger partial charge on any atom is 0.254 e. The van der Waals surface area contributed by atoms with Crippen LogP contribution in [-0.4, -0.2) is 40.6 Å². The molecule has 1 saturated heterocycles. The first-order chi connectivity index (χ1) is 16.1. The minimum Gasteiger partial charge on any atom is -0.497 e. The number of hydrogen-bond acceptors (Lipinski definition) is 3. The lowest BCUT2D eigenvalue weighted by Gasteiger charge is -2.33. The van der Waals surface area contributed by atoms with Crippen LogP contribution in [0.25, 0.3) is 0 Å². The van der Waals surface area contributed by atoms with Gasteiger partial charge in [-0.3, -0.25) is 4.79 Å². The molecule has 33 heavy (non-hydrogen) atoms. The summed E-state index contributed by atoms with van der Waals surface area (Å²) in [7, 11) is 1.71. The van der Waals surface area contributed by atoms with E-state index in [0.717, 1.165) is 42.2 Å². The Morgan fingerprint density at radius 2 is 1.91 bits per heavy atom. The van der Waals surface area contributed by atoms with Gasteiger partial charge in [0.2, 0.25) is 0 Å². The van der Waals surface area contributed by atoms with Gasteiger partial charge in [-0.15, -0.1) is 0 Å². The lowest BCUT2D eigenvalue weighted by molar-refractivity contribution is 0.0780. The van der Waals surface area contributed by atoms with Crippen LogP contribution in [0, 0.1) is 24.7 Å². The first kappa shape index (κ1) is 21.7. The molecule has 3 aromatic rings. The summed E-state index contributed by atoms with van der Waals surface area (Å²) in [6.07, 6.45) is 8.64. The number of fused-ring (bicyclic) bond motifs is 1. The van der Waals surface area contributed by atoms with E-state index in [-0.39, 0.29) is 5.91 Å². The number of aryl methyl sites for hydroxylation is 1. The van der Waals surface area contributed by atoms with E-state index in [2.05, 4.69) is 44.8 Å². The van der Waals surface area contributed by atoms with Crippen molar-refractivity contribution in [2.45, 2.75) is 39.2 Å². The maximum atomic E-state index is 13.6. The summed E-state index contributed by atoms with van der Waals surface area (Å²) in [5.41, 5.74) is 3.26. The second-order valence-electron chi connectivity index (χ2n) is 9.64. The number of nitrogens with zero attached hydrogens (tertiary/aromatic N) is 3. The van der Waals surface area contributed by atoms with Gasteiger partial charge in [-0.05, 0) is 73.3 Å². The Morgan fingerprint density at radius 1 is 1.09 bits per heavy atom. The average molecular weight is 444 g/mol. The Balaban J connectivity index is 1.30. The molecule has 172 valence electrons. The number of methoxy groups -OCH3 is 1. The number of likely N-dealkylation sites (tertiary alicyclic amines) is 1. The van der Waals surface area contributed by atoms with Crippen molar-refractivity contribution >= 4 is 5.91 Å². The van der Waals surface area contributed by atoms with Crippen molar-refractivity contribution < 1.29 is 9.53 Å². The summed E-state index contributed by atoms with van der Waals surface area (Å²) in [5, 5.41) is 0. The molecule has 0 N–H and O–H groups in total. The van der Waals surface area contributed by atoms with Crippen molar-refractivity contribution in [1.29, 1.82) is 0 Å². The first-order valence-corrected chi connectivity index (χ1v) is 12.1. The SMILES string of the molecule is COc1ccc(C[C@H]2CCC[C@@H]3CN(C(=O)c4ccccc4Cn4ccnc4C)C[C@H]23)cc1. The molecule has 0 radical (unpaired) electrons.